The van der Waals surface area contributed by atoms with Gasteiger partial charge in [-0.25, -0.2) is 4.98 Å². The molecule has 1 heterocycles. The first-order valence-corrected chi connectivity index (χ1v) is 5.12. The minimum absolute atomic E-state index is 0.126. The molecular formula is C12H16N2O. The van der Waals surface area contributed by atoms with Gasteiger partial charge in [0.25, 0.3) is 0 Å². The maximum Gasteiger partial charge on any atom is 0.133 e. The van der Waals surface area contributed by atoms with Crippen LogP contribution in [0.4, 0.5) is 0 Å². The molecule has 3 nitrogen and oxygen atoms in total. The number of rotatable bonds is 2. The highest BCUT2D eigenvalue weighted by Gasteiger charge is 2.11. The van der Waals surface area contributed by atoms with Crippen LogP contribution < -0.4 is 0 Å². The summed E-state index contributed by atoms with van der Waals surface area (Å²) in [6.45, 7) is 6.64. The van der Waals surface area contributed by atoms with Crippen LogP contribution >= 0.6 is 0 Å². The second kappa shape index (κ2) is 3.66. The molecular weight excluding hydrogens is 188 g/mol. The van der Waals surface area contributed by atoms with Gasteiger partial charge >= 0.3 is 0 Å². The first-order valence-electron chi connectivity index (χ1n) is 5.12. The molecule has 1 aromatic carbocycles. The van der Waals surface area contributed by atoms with Crippen LogP contribution in [0.3, 0.4) is 0 Å². The van der Waals surface area contributed by atoms with Crippen LogP contribution in [0.15, 0.2) is 24.3 Å². The van der Waals surface area contributed by atoms with E-state index in [1.54, 1.807) is 0 Å². The Labute approximate surface area is 89.5 Å². The average Bonchev–Trinajstić information content (AvgIpc) is 2.56. The lowest BCUT2D eigenvalue weighted by Crippen LogP contribution is -2.19. The van der Waals surface area contributed by atoms with Crippen molar-refractivity contribution in [3.8, 4) is 0 Å². The average molecular weight is 204 g/mol. The van der Waals surface area contributed by atoms with Crippen molar-refractivity contribution in [3.63, 3.8) is 0 Å². The van der Waals surface area contributed by atoms with Gasteiger partial charge in [0.05, 0.1) is 16.6 Å². The van der Waals surface area contributed by atoms with Crippen molar-refractivity contribution in [1.82, 2.24) is 9.97 Å². The molecule has 2 rings (SSSR count). The number of hydrogen-bond acceptors (Lipinski definition) is 2. The molecule has 3 heteroatoms. The summed E-state index contributed by atoms with van der Waals surface area (Å²) in [5, 5.41) is 0. The zero-order chi connectivity index (χ0) is 10.9. The standard InChI is InChI=1S/C12H16N2O/c1-12(2,3)15-8-11-13-9-6-4-5-7-10(9)14-11/h4-7H,8H2,1-3H3,(H,13,14). The molecule has 0 atom stereocenters. The third kappa shape index (κ3) is 2.57. The fraction of sp³-hybridized carbons (Fsp3) is 0.417. The number of fused-ring (bicyclic) bond motifs is 1. The topological polar surface area (TPSA) is 37.9 Å². The number of benzene rings is 1. The maximum atomic E-state index is 5.65. The van der Waals surface area contributed by atoms with Gasteiger partial charge in [0, 0.05) is 0 Å². The molecule has 80 valence electrons. The first kappa shape index (κ1) is 10.2. The molecule has 0 fully saturated rings. The lowest BCUT2D eigenvalue weighted by atomic mass is 10.2. The number of para-hydroxylation sites is 2. The Bertz CT molecular complexity index is 421. The highest BCUT2D eigenvalue weighted by atomic mass is 16.5. The predicted octanol–water partition coefficient (Wildman–Crippen LogP) is 2.88. The number of H-pyrrole nitrogens is 1. The van der Waals surface area contributed by atoms with E-state index in [0.29, 0.717) is 6.61 Å². The molecule has 0 saturated heterocycles. The van der Waals surface area contributed by atoms with E-state index in [9.17, 15) is 0 Å². The fourth-order valence-corrected chi connectivity index (χ4v) is 1.36. The highest BCUT2D eigenvalue weighted by molar-refractivity contribution is 5.74. The zero-order valence-corrected chi connectivity index (χ0v) is 9.37. The molecule has 0 amide bonds. The fourth-order valence-electron chi connectivity index (χ4n) is 1.36. The Hall–Kier alpha value is -1.35. The van der Waals surface area contributed by atoms with Gasteiger partial charge in [0.15, 0.2) is 0 Å². The molecule has 1 N–H and O–H groups in total. The van der Waals surface area contributed by atoms with Gasteiger partial charge < -0.3 is 9.72 Å². The van der Waals surface area contributed by atoms with Crippen molar-refractivity contribution in [2.75, 3.05) is 0 Å². The maximum absolute atomic E-state index is 5.65. The lowest BCUT2D eigenvalue weighted by molar-refractivity contribution is -0.0177. The number of nitrogens with zero attached hydrogens (tertiary/aromatic N) is 1. The number of aromatic amines is 1. The van der Waals surface area contributed by atoms with Crippen LogP contribution in [0, 0.1) is 0 Å². The van der Waals surface area contributed by atoms with Crippen molar-refractivity contribution < 1.29 is 4.74 Å². The Morgan fingerprint density at radius 2 is 2.00 bits per heavy atom. The lowest BCUT2D eigenvalue weighted by Gasteiger charge is -2.18. The van der Waals surface area contributed by atoms with Crippen LogP contribution in [-0.4, -0.2) is 15.6 Å². The minimum Gasteiger partial charge on any atom is -0.368 e. The number of imidazole rings is 1. The summed E-state index contributed by atoms with van der Waals surface area (Å²) in [6.07, 6.45) is 0. The summed E-state index contributed by atoms with van der Waals surface area (Å²) < 4.78 is 5.65. The second-order valence-electron chi connectivity index (χ2n) is 4.60. The van der Waals surface area contributed by atoms with Crippen LogP contribution in [0.25, 0.3) is 11.0 Å². The number of nitrogens with one attached hydrogen (secondary N) is 1. The van der Waals surface area contributed by atoms with Crippen molar-refractivity contribution in [2.45, 2.75) is 33.0 Å². The highest BCUT2D eigenvalue weighted by Crippen LogP contribution is 2.14. The van der Waals surface area contributed by atoms with Gasteiger partial charge in [-0.15, -0.1) is 0 Å². The van der Waals surface area contributed by atoms with Crippen LogP contribution in [0.5, 0.6) is 0 Å². The van der Waals surface area contributed by atoms with E-state index in [0.717, 1.165) is 16.9 Å². The van der Waals surface area contributed by atoms with Crippen molar-refractivity contribution in [1.29, 1.82) is 0 Å². The van der Waals surface area contributed by atoms with Gasteiger partial charge in [-0.2, -0.15) is 0 Å². The summed E-state index contributed by atoms with van der Waals surface area (Å²) in [5.74, 6) is 0.881. The van der Waals surface area contributed by atoms with E-state index in [1.807, 2.05) is 45.0 Å². The van der Waals surface area contributed by atoms with Crippen LogP contribution in [-0.2, 0) is 11.3 Å². The van der Waals surface area contributed by atoms with Crippen molar-refractivity contribution >= 4 is 11.0 Å². The summed E-state index contributed by atoms with van der Waals surface area (Å²) in [4.78, 5) is 7.67. The van der Waals surface area contributed by atoms with E-state index in [2.05, 4.69) is 9.97 Å². The van der Waals surface area contributed by atoms with Gasteiger partial charge in [-0.1, -0.05) is 12.1 Å². The van der Waals surface area contributed by atoms with Gasteiger partial charge in [-0.05, 0) is 32.9 Å². The van der Waals surface area contributed by atoms with Gasteiger partial charge in [-0.3, -0.25) is 0 Å². The van der Waals surface area contributed by atoms with E-state index in [4.69, 9.17) is 4.74 Å². The molecule has 0 aliphatic carbocycles. The molecule has 0 aliphatic rings. The third-order valence-electron chi connectivity index (χ3n) is 2.08. The van der Waals surface area contributed by atoms with Gasteiger partial charge in [0.1, 0.15) is 12.4 Å². The Kier molecular flexibility index (Phi) is 2.49. The normalized spacial score (nSPS) is 12.2. The van der Waals surface area contributed by atoms with E-state index >= 15 is 0 Å². The molecule has 0 spiro atoms. The van der Waals surface area contributed by atoms with Crippen molar-refractivity contribution in [3.05, 3.63) is 30.1 Å². The van der Waals surface area contributed by atoms with Crippen LogP contribution in [0.1, 0.15) is 26.6 Å². The summed E-state index contributed by atoms with van der Waals surface area (Å²) in [5.41, 5.74) is 1.92. The predicted molar refractivity (Wildman–Crippen MR) is 60.6 cm³/mol. The quantitative estimate of drug-likeness (QED) is 0.816. The minimum atomic E-state index is -0.126. The summed E-state index contributed by atoms with van der Waals surface area (Å²) in [6, 6.07) is 7.99. The molecule has 2 aromatic rings. The summed E-state index contributed by atoms with van der Waals surface area (Å²) in [7, 11) is 0. The summed E-state index contributed by atoms with van der Waals surface area (Å²) >= 11 is 0. The number of ether oxygens (including phenoxy) is 1. The number of aromatic nitrogens is 2. The Morgan fingerprint density at radius 3 is 2.67 bits per heavy atom. The molecule has 0 bridgehead atoms. The van der Waals surface area contributed by atoms with Gasteiger partial charge in [0.2, 0.25) is 0 Å². The molecule has 0 saturated carbocycles. The number of hydrogen-bond donors (Lipinski definition) is 1. The molecule has 1 aromatic heterocycles. The van der Waals surface area contributed by atoms with Crippen LogP contribution in [0.2, 0.25) is 0 Å². The second-order valence-corrected chi connectivity index (χ2v) is 4.60. The first-order chi connectivity index (χ1) is 7.04. The van der Waals surface area contributed by atoms with E-state index < -0.39 is 0 Å². The van der Waals surface area contributed by atoms with E-state index in [-0.39, 0.29) is 5.60 Å². The SMILES string of the molecule is CC(C)(C)OCc1nc2ccccc2[nH]1. The van der Waals surface area contributed by atoms with Crippen molar-refractivity contribution in [2.24, 2.45) is 0 Å². The molecule has 0 aliphatic heterocycles. The largest absolute Gasteiger partial charge is 0.368 e. The Morgan fingerprint density at radius 1 is 1.27 bits per heavy atom. The molecule has 0 radical (unpaired) electrons. The Balaban J connectivity index is 2.16. The monoisotopic (exact) mass is 204 g/mol. The zero-order valence-electron chi connectivity index (χ0n) is 9.37. The third-order valence-corrected chi connectivity index (χ3v) is 2.08. The van der Waals surface area contributed by atoms with E-state index in [1.165, 1.54) is 0 Å². The molecule has 15 heavy (non-hydrogen) atoms. The molecule has 0 unspecified atom stereocenters. The smallest absolute Gasteiger partial charge is 0.133 e.